The van der Waals surface area contributed by atoms with Crippen LogP contribution >= 0.6 is 0 Å². The first-order chi connectivity index (χ1) is 22.5. The van der Waals surface area contributed by atoms with E-state index in [0.29, 0.717) is 6.61 Å². The predicted octanol–water partition coefficient (Wildman–Crippen LogP) is 3.60. The highest BCUT2D eigenvalue weighted by molar-refractivity contribution is 5.74. The first kappa shape index (κ1) is 34.4. The average molecular weight is 658 g/mol. The van der Waals surface area contributed by atoms with Gasteiger partial charge in [-0.3, -0.25) is 9.63 Å². The second-order valence-corrected chi connectivity index (χ2v) is 13.3. The van der Waals surface area contributed by atoms with Crippen molar-refractivity contribution in [3.8, 4) is 0 Å². The molecule has 258 valence electrons. The summed E-state index contributed by atoms with van der Waals surface area (Å²) in [4.78, 5) is 20.3. The van der Waals surface area contributed by atoms with Gasteiger partial charge in [0.1, 0.15) is 48.6 Å². The van der Waals surface area contributed by atoms with Crippen molar-refractivity contribution in [1.82, 2.24) is 5.06 Å². The van der Waals surface area contributed by atoms with E-state index >= 15 is 0 Å². The van der Waals surface area contributed by atoms with Gasteiger partial charge in [0.05, 0.1) is 33.0 Å². The summed E-state index contributed by atoms with van der Waals surface area (Å²) in [6, 6.07) is 19.1. The van der Waals surface area contributed by atoms with Gasteiger partial charge < -0.3 is 42.6 Å². The smallest absolute Gasteiger partial charge is 0.313 e. The first-order valence-corrected chi connectivity index (χ1v) is 16.1. The predicted molar refractivity (Wildman–Crippen MR) is 166 cm³/mol. The van der Waals surface area contributed by atoms with Crippen LogP contribution in [-0.2, 0) is 65.5 Å². The van der Waals surface area contributed by atoms with Crippen molar-refractivity contribution < 1.29 is 52.3 Å². The van der Waals surface area contributed by atoms with Gasteiger partial charge in [0.2, 0.25) is 0 Å². The molecule has 0 radical (unpaired) electrons. The van der Waals surface area contributed by atoms with Crippen LogP contribution in [0.15, 0.2) is 60.7 Å². The van der Waals surface area contributed by atoms with Crippen LogP contribution in [0.4, 0.5) is 0 Å². The largest absolute Gasteiger partial charge is 0.469 e. The van der Waals surface area contributed by atoms with E-state index in [1.165, 1.54) is 7.11 Å². The zero-order valence-electron chi connectivity index (χ0n) is 28.1. The number of fused-ring (bicyclic) bond motifs is 1. The molecule has 0 aromatic heterocycles. The molecule has 0 N–H and O–H groups in total. The zero-order valence-corrected chi connectivity index (χ0v) is 28.1. The Balaban J connectivity index is 1.29. The quantitative estimate of drug-likeness (QED) is 0.329. The summed E-state index contributed by atoms with van der Waals surface area (Å²) in [5.41, 5.74) is 2.01. The van der Waals surface area contributed by atoms with Gasteiger partial charge in [-0.15, -0.1) is 0 Å². The molecule has 0 bridgehead atoms. The van der Waals surface area contributed by atoms with Gasteiger partial charge >= 0.3 is 5.97 Å². The molecule has 10 atom stereocenters. The molecule has 0 spiro atoms. The van der Waals surface area contributed by atoms with Crippen molar-refractivity contribution in [2.24, 2.45) is 5.92 Å². The number of ether oxygens (including phenoxy) is 9. The maximum atomic E-state index is 13.8. The summed E-state index contributed by atoms with van der Waals surface area (Å²) in [5, 5.41) is 1.65. The summed E-state index contributed by atoms with van der Waals surface area (Å²) >= 11 is 0. The third-order valence-corrected chi connectivity index (χ3v) is 9.07. The van der Waals surface area contributed by atoms with Crippen LogP contribution in [0.3, 0.4) is 0 Å². The van der Waals surface area contributed by atoms with Crippen molar-refractivity contribution in [1.29, 1.82) is 0 Å². The summed E-state index contributed by atoms with van der Waals surface area (Å²) in [6.07, 6.45) is -5.44. The monoisotopic (exact) mass is 657 g/mol. The number of benzene rings is 2. The van der Waals surface area contributed by atoms with E-state index in [2.05, 4.69) is 0 Å². The minimum Gasteiger partial charge on any atom is -0.469 e. The molecular formula is C35H47NO11. The summed E-state index contributed by atoms with van der Waals surface area (Å²) in [6.45, 7) is 8.30. The van der Waals surface area contributed by atoms with E-state index in [-0.39, 0.29) is 13.2 Å². The molecule has 4 saturated heterocycles. The van der Waals surface area contributed by atoms with Gasteiger partial charge in [0.25, 0.3) is 0 Å². The molecule has 2 aromatic rings. The van der Waals surface area contributed by atoms with Gasteiger partial charge in [0.15, 0.2) is 17.9 Å². The number of hydrogen-bond acceptors (Lipinski definition) is 12. The highest BCUT2D eigenvalue weighted by Crippen LogP contribution is 2.45. The number of methoxy groups -OCH3 is 2. The Kier molecular flexibility index (Phi) is 10.4. The first-order valence-electron chi connectivity index (χ1n) is 16.1. The zero-order chi connectivity index (χ0) is 33.3. The molecule has 10 unspecified atom stereocenters. The van der Waals surface area contributed by atoms with Crippen LogP contribution in [0.1, 0.15) is 38.8 Å². The van der Waals surface area contributed by atoms with Crippen LogP contribution in [0.2, 0.25) is 0 Å². The van der Waals surface area contributed by atoms with Gasteiger partial charge in [-0.2, -0.15) is 5.06 Å². The third kappa shape index (κ3) is 7.42. The number of carbonyl (C=O) groups excluding carboxylic acids is 1. The lowest BCUT2D eigenvalue weighted by Gasteiger charge is -2.43. The van der Waals surface area contributed by atoms with Crippen LogP contribution in [-0.4, -0.2) is 106 Å². The highest BCUT2D eigenvalue weighted by atomic mass is 16.8. The molecule has 0 aliphatic carbocycles. The summed E-state index contributed by atoms with van der Waals surface area (Å²) < 4.78 is 55.9. The lowest BCUT2D eigenvalue weighted by molar-refractivity contribution is -0.306. The number of likely N-dealkylation sites (N-methyl/N-ethyl adjacent to an activating group) is 1. The Morgan fingerprint density at radius 2 is 1.36 bits per heavy atom. The average Bonchev–Trinajstić information content (AvgIpc) is 3.68. The fourth-order valence-corrected chi connectivity index (χ4v) is 7.17. The molecule has 0 amide bonds. The lowest BCUT2D eigenvalue weighted by Crippen LogP contribution is -2.62. The molecule has 12 nitrogen and oxygen atoms in total. The van der Waals surface area contributed by atoms with E-state index in [1.807, 2.05) is 88.4 Å². The van der Waals surface area contributed by atoms with Gasteiger partial charge in [-0.25, -0.2) is 0 Å². The molecular weight excluding hydrogens is 610 g/mol. The molecule has 4 aliphatic heterocycles. The number of nitrogens with zero attached hydrogens (tertiary/aromatic N) is 1. The Hall–Kier alpha value is -2.49. The van der Waals surface area contributed by atoms with E-state index in [4.69, 9.17) is 47.5 Å². The van der Waals surface area contributed by atoms with Crippen LogP contribution < -0.4 is 0 Å². The van der Waals surface area contributed by atoms with Gasteiger partial charge in [0, 0.05) is 14.2 Å². The highest BCUT2D eigenvalue weighted by Gasteiger charge is 2.64. The minimum absolute atomic E-state index is 0.240. The van der Waals surface area contributed by atoms with Gasteiger partial charge in [-0.1, -0.05) is 60.7 Å². The van der Waals surface area contributed by atoms with Crippen molar-refractivity contribution in [2.45, 2.75) is 108 Å². The van der Waals surface area contributed by atoms with Gasteiger partial charge in [-0.05, 0) is 38.8 Å². The maximum absolute atomic E-state index is 13.8. The van der Waals surface area contributed by atoms with E-state index < -0.39 is 78.5 Å². The fourth-order valence-electron chi connectivity index (χ4n) is 7.17. The van der Waals surface area contributed by atoms with E-state index in [0.717, 1.165) is 11.1 Å². The summed E-state index contributed by atoms with van der Waals surface area (Å²) in [7, 11) is 4.68. The minimum atomic E-state index is -0.928. The second-order valence-electron chi connectivity index (χ2n) is 13.3. The molecule has 4 fully saturated rings. The molecule has 6 rings (SSSR count). The second kappa shape index (κ2) is 14.2. The maximum Gasteiger partial charge on any atom is 0.313 e. The standard InChI is InChI=1S/C35H47NO11/c1-34(2)43-23(20-40-18-21-14-10-8-11-15-21)26(44-34)25-24(32(37)38-6)27(47-36(25)5)29-28(41-19-22-16-12-9-13-17-22)30-31(33(39-7)42-29)46-35(3,4)45-30/h8-17,23-31,33H,18-20H2,1-7H3. The van der Waals surface area contributed by atoms with Crippen molar-refractivity contribution in [3.63, 3.8) is 0 Å². The number of esters is 1. The lowest BCUT2D eigenvalue weighted by atomic mass is 9.83. The number of rotatable bonds is 11. The molecule has 0 saturated carbocycles. The summed E-state index contributed by atoms with van der Waals surface area (Å²) in [5.74, 6) is -3.18. The van der Waals surface area contributed by atoms with Crippen LogP contribution in [0.5, 0.6) is 0 Å². The molecule has 4 heterocycles. The molecule has 2 aromatic carbocycles. The normalized spacial score (nSPS) is 36.3. The third-order valence-electron chi connectivity index (χ3n) is 9.07. The number of carbonyl (C=O) groups is 1. The Bertz CT molecular complexity index is 1330. The number of hydrogen-bond donors (Lipinski definition) is 0. The van der Waals surface area contributed by atoms with Crippen LogP contribution in [0, 0.1) is 5.92 Å². The van der Waals surface area contributed by atoms with Crippen molar-refractivity contribution >= 4 is 5.97 Å². The Morgan fingerprint density at radius 3 is 2.00 bits per heavy atom. The number of hydroxylamine groups is 2. The SMILES string of the molecule is COC(=O)C1C(C2OC(OC)C3OC(C)(C)OC3C2OCc2ccccc2)ON(C)C1C1OC(C)(C)OC1COCc1ccccc1. The van der Waals surface area contributed by atoms with Crippen molar-refractivity contribution in [3.05, 3.63) is 71.8 Å². The van der Waals surface area contributed by atoms with E-state index in [1.54, 1.807) is 19.2 Å². The fraction of sp³-hybridized carbons (Fsp3) is 0.629. The Morgan fingerprint density at radius 1 is 0.766 bits per heavy atom. The molecule has 12 heteroatoms. The Labute approximate surface area is 276 Å². The van der Waals surface area contributed by atoms with E-state index in [9.17, 15) is 4.79 Å². The van der Waals surface area contributed by atoms with Crippen LogP contribution in [0.25, 0.3) is 0 Å². The molecule has 4 aliphatic rings. The topological polar surface area (TPSA) is 113 Å². The van der Waals surface area contributed by atoms with Crippen molar-refractivity contribution in [2.75, 3.05) is 27.9 Å². The molecule has 47 heavy (non-hydrogen) atoms.